The molecule has 2 aromatic heterocycles. The van der Waals surface area contributed by atoms with E-state index in [2.05, 4.69) is 0 Å². The van der Waals surface area contributed by atoms with Gasteiger partial charge in [0, 0.05) is 9.75 Å². The SMILES string of the molecule is CC.Fc1ccc(-c2cccs2)s1. The minimum Gasteiger partial charge on any atom is -0.195 e. The normalized spacial score (nSPS) is 9.15. The molecule has 0 amide bonds. The van der Waals surface area contributed by atoms with Gasteiger partial charge in [-0.05, 0) is 23.6 Å². The van der Waals surface area contributed by atoms with Crippen LogP contribution in [-0.2, 0) is 0 Å². The van der Waals surface area contributed by atoms with Crippen LogP contribution in [0.15, 0.2) is 29.6 Å². The summed E-state index contributed by atoms with van der Waals surface area (Å²) in [6.07, 6.45) is 0. The fourth-order valence-corrected chi connectivity index (χ4v) is 2.43. The Bertz CT molecular complexity index is 335. The summed E-state index contributed by atoms with van der Waals surface area (Å²) in [5.41, 5.74) is 0. The second-order valence-electron chi connectivity index (χ2n) is 2.08. The Morgan fingerprint density at radius 1 is 1.08 bits per heavy atom. The molecular formula is C10H11FS2. The van der Waals surface area contributed by atoms with Gasteiger partial charge in [-0.2, -0.15) is 4.39 Å². The molecule has 0 saturated carbocycles. The third-order valence-electron chi connectivity index (χ3n) is 1.34. The minimum atomic E-state index is -0.117. The molecule has 0 bridgehead atoms. The van der Waals surface area contributed by atoms with Crippen molar-refractivity contribution in [3.8, 4) is 9.75 Å². The minimum absolute atomic E-state index is 0.117. The molecule has 0 unspecified atom stereocenters. The van der Waals surface area contributed by atoms with E-state index >= 15 is 0 Å². The second kappa shape index (κ2) is 5.14. The van der Waals surface area contributed by atoms with Gasteiger partial charge >= 0.3 is 0 Å². The van der Waals surface area contributed by atoms with Crippen molar-refractivity contribution in [2.75, 3.05) is 0 Å². The summed E-state index contributed by atoms with van der Waals surface area (Å²) in [7, 11) is 0. The summed E-state index contributed by atoms with van der Waals surface area (Å²) in [6.45, 7) is 4.00. The number of hydrogen-bond donors (Lipinski definition) is 0. The summed E-state index contributed by atoms with van der Waals surface area (Å²) in [5, 5.41) is 1.88. The van der Waals surface area contributed by atoms with E-state index in [1.54, 1.807) is 11.3 Å². The van der Waals surface area contributed by atoms with Crippen molar-refractivity contribution in [3.05, 3.63) is 34.8 Å². The Labute approximate surface area is 85.7 Å². The lowest BCUT2D eigenvalue weighted by Gasteiger charge is -1.85. The van der Waals surface area contributed by atoms with Crippen LogP contribution in [0.1, 0.15) is 13.8 Å². The van der Waals surface area contributed by atoms with Gasteiger partial charge in [-0.1, -0.05) is 19.9 Å². The van der Waals surface area contributed by atoms with Crippen LogP contribution < -0.4 is 0 Å². The van der Waals surface area contributed by atoms with Crippen LogP contribution >= 0.6 is 22.7 Å². The van der Waals surface area contributed by atoms with Crippen molar-refractivity contribution in [2.24, 2.45) is 0 Å². The third kappa shape index (κ3) is 2.64. The molecule has 0 atom stereocenters. The number of rotatable bonds is 1. The lowest BCUT2D eigenvalue weighted by Crippen LogP contribution is -1.55. The molecule has 0 nitrogen and oxygen atoms in total. The van der Waals surface area contributed by atoms with Gasteiger partial charge in [0.2, 0.25) is 0 Å². The van der Waals surface area contributed by atoms with Crippen molar-refractivity contribution >= 4 is 22.7 Å². The first-order valence-corrected chi connectivity index (χ1v) is 5.85. The monoisotopic (exact) mass is 214 g/mol. The highest BCUT2D eigenvalue weighted by Crippen LogP contribution is 2.30. The molecule has 0 radical (unpaired) electrons. The molecule has 2 rings (SSSR count). The predicted molar refractivity (Wildman–Crippen MR) is 58.9 cm³/mol. The largest absolute Gasteiger partial charge is 0.195 e. The maximum Gasteiger partial charge on any atom is 0.177 e. The standard InChI is InChI=1S/C8H5FS2.C2H6/c9-8-4-3-7(11-8)6-2-1-5-10-6;1-2/h1-5H;1-2H3. The molecule has 2 heterocycles. The van der Waals surface area contributed by atoms with E-state index in [0.29, 0.717) is 0 Å². The molecule has 0 aliphatic heterocycles. The zero-order valence-corrected chi connectivity index (χ0v) is 9.21. The van der Waals surface area contributed by atoms with Crippen molar-refractivity contribution in [1.29, 1.82) is 0 Å². The number of hydrogen-bond acceptors (Lipinski definition) is 2. The van der Waals surface area contributed by atoms with Crippen LogP contribution in [0.25, 0.3) is 9.75 Å². The van der Waals surface area contributed by atoms with E-state index in [4.69, 9.17) is 0 Å². The molecule has 0 aromatic carbocycles. The van der Waals surface area contributed by atoms with Crippen LogP contribution in [0, 0.1) is 5.13 Å². The summed E-state index contributed by atoms with van der Waals surface area (Å²) in [4.78, 5) is 2.15. The summed E-state index contributed by atoms with van der Waals surface area (Å²) in [6, 6.07) is 7.28. The molecule has 70 valence electrons. The van der Waals surface area contributed by atoms with Crippen LogP contribution in [0.5, 0.6) is 0 Å². The first-order chi connectivity index (χ1) is 6.36. The maximum absolute atomic E-state index is 12.5. The lowest BCUT2D eigenvalue weighted by molar-refractivity contribution is 0.657. The highest BCUT2D eigenvalue weighted by Gasteiger charge is 2.01. The van der Waals surface area contributed by atoms with E-state index in [0.717, 1.165) is 9.75 Å². The van der Waals surface area contributed by atoms with E-state index in [-0.39, 0.29) is 5.13 Å². The molecule has 0 aliphatic carbocycles. The van der Waals surface area contributed by atoms with Gasteiger partial charge in [0.15, 0.2) is 5.13 Å². The van der Waals surface area contributed by atoms with Crippen molar-refractivity contribution in [1.82, 2.24) is 0 Å². The Morgan fingerprint density at radius 3 is 2.31 bits per heavy atom. The fraction of sp³-hybridized carbons (Fsp3) is 0.200. The molecule has 3 heteroatoms. The van der Waals surface area contributed by atoms with Crippen LogP contribution in [0.2, 0.25) is 0 Å². The van der Waals surface area contributed by atoms with E-state index < -0.39 is 0 Å². The van der Waals surface area contributed by atoms with Crippen LogP contribution in [0.3, 0.4) is 0 Å². The van der Waals surface area contributed by atoms with Crippen molar-refractivity contribution in [3.63, 3.8) is 0 Å². The zero-order chi connectivity index (χ0) is 9.68. The van der Waals surface area contributed by atoms with E-state index in [1.165, 1.54) is 17.4 Å². The predicted octanol–water partition coefficient (Wildman–Crippen LogP) is 4.64. The van der Waals surface area contributed by atoms with Crippen molar-refractivity contribution < 1.29 is 4.39 Å². The van der Waals surface area contributed by atoms with E-state index in [9.17, 15) is 4.39 Å². The molecule has 13 heavy (non-hydrogen) atoms. The van der Waals surface area contributed by atoms with Gasteiger partial charge in [-0.15, -0.1) is 22.7 Å². The van der Waals surface area contributed by atoms with Gasteiger partial charge < -0.3 is 0 Å². The van der Waals surface area contributed by atoms with Gasteiger partial charge in [-0.25, -0.2) is 0 Å². The summed E-state index contributed by atoms with van der Waals surface area (Å²) >= 11 is 2.82. The van der Waals surface area contributed by atoms with Gasteiger partial charge in [0.1, 0.15) is 0 Å². The first kappa shape index (κ1) is 10.4. The second-order valence-corrected chi connectivity index (χ2v) is 4.06. The quantitative estimate of drug-likeness (QED) is 0.648. The van der Waals surface area contributed by atoms with Crippen LogP contribution in [-0.4, -0.2) is 0 Å². The fourth-order valence-electron chi connectivity index (χ4n) is 0.865. The number of halogens is 1. The molecule has 0 spiro atoms. The van der Waals surface area contributed by atoms with Gasteiger partial charge in [0.05, 0.1) is 0 Å². The third-order valence-corrected chi connectivity index (χ3v) is 3.28. The average Bonchev–Trinajstić information content (AvgIpc) is 2.77. The van der Waals surface area contributed by atoms with Crippen LogP contribution in [0.4, 0.5) is 4.39 Å². The van der Waals surface area contributed by atoms with Crippen molar-refractivity contribution in [2.45, 2.75) is 13.8 Å². The van der Waals surface area contributed by atoms with Gasteiger partial charge in [-0.3, -0.25) is 0 Å². The molecule has 2 aromatic rings. The Balaban J connectivity index is 0.000000396. The highest BCUT2D eigenvalue weighted by atomic mass is 32.1. The van der Waals surface area contributed by atoms with E-state index in [1.807, 2.05) is 37.4 Å². The molecule has 0 fully saturated rings. The topological polar surface area (TPSA) is 0 Å². The molecule has 0 aliphatic rings. The summed E-state index contributed by atoms with van der Waals surface area (Å²) < 4.78 is 12.5. The van der Waals surface area contributed by atoms with Gasteiger partial charge in [0.25, 0.3) is 0 Å². The molecule has 0 N–H and O–H groups in total. The number of thiophene rings is 2. The summed E-state index contributed by atoms with van der Waals surface area (Å²) in [5.74, 6) is 0. The highest BCUT2D eigenvalue weighted by molar-refractivity contribution is 7.20. The maximum atomic E-state index is 12.5. The first-order valence-electron chi connectivity index (χ1n) is 4.15. The molecular weight excluding hydrogens is 203 g/mol. The Hall–Kier alpha value is -0.670. The zero-order valence-electron chi connectivity index (χ0n) is 7.58. The smallest absolute Gasteiger partial charge is 0.177 e. The lowest BCUT2D eigenvalue weighted by atomic mass is 10.4. The Morgan fingerprint density at radius 2 is 1.85 bits per heavy atom. The Kier molecular flexibility index (Phi) is 4.12. The average molecular weight is 214 g/mol. The molecule has 0 saturated heterocycles.